The molecule has 0 N–H and O–H groups in total. The summed E-state index contributed by atoms with van der Waals surface area (Å²) in [5.41, 5.74) is 3.94. The molecule has 192 valence electrons. The van der Waals surface area contributed by atoms with Crippen molar-refractivity contribution in [3.63, 3.8) is 0 Å². The van der Waals surface area contributed by atoms with E-state index in [0.717, 1.165) is 49.8 Å². The van der Waals surface area contributed by atoms with Crippen molar-refractivity contribution in [2.24, 2.45) is 28.6 Å². The zero-order valence-corrected chi connectivity index (χ0v) is 22.2. The van der Waals surface area contributed by atoms with Crippen LogP contribution >= 0.6 is 0 Å². The topological polar surface area (TPSA) is 61.8 Å². The van der Waals surface area contributed by atoms with Gasteiger partial charge in [-0.1, -0.05) is 44.1 Å². The van der Waals surface area contributed by atoms with Crippen LogP contribution in [0.25, 0.3) is 0 Å². The van der Waals surface area contributed by atoms with Crippen LogP contribution in [0.15, 0.2) is 35.4 Å². The van der Waals surface area contributed by atoms with E-state index in [1.165, 1.54) is 11.1 Å². The Kier molecular flexibility index (Phi) is 7.75. The Balaban J connectivity index is 1.52. The van der Waals surface area contributed by atoms with Crippen molar-refractivity contribution in [1.29, 1.82) is 0 Å². The number of hydrogen-bond donors (Lipinski definition) is 0. The Morgan fingerprint density at radius 1 is 1.11 bits per heavy atom. The molecule has 0 bridgehead atoms. The van der Waals surface area contributed by atoms with Crippen LogP contribution in [0.5, 0.6) is 5.75 Å². The number of carbonyl (C=O) groups excluding carboxylic acids is 2. The van der Waals surface area contributed by atoms with Crippen molar-refractivity contribution in [1.82, 2.24) is 0 Å². The summed E-state index contributed by atoms with van der Waals surface area (Å²) in [7, 11) is 1.67. The maximum atomic E-state index is 13.6. The maximum Gasteiger partial charge on any atom is 0.309 e. The normalized spacial score (nSPS) is 31.4. The second-order valence-corrected chi connectivity index (χ2v) is 11.4. The summed E-state index contributed by atoms with van der Waals surface area (Å²) >= 11 is 0. The molecule has 2 fully saturated rings. The number of ketones is 1. The van der Waals surface area contributed by atoms with Gasteiger partial charge in [-0.05, 0) is 74.5 Å². The third kappa shape index (κ3) is 5.07. The summed E-state index contributed by atoms with van der Waals surface area (Å²) in [5, 5.41) is 0. The number of rotatable bonds is 8. The average Bonchev–Trinajstić information content (AvgIpc) is 3.14. The van der Waals surface area contributed by atoms with E-state index in [1.54, 1.807) is 7.11 Å². The molecule has 3 aliphatic rings. The molecule has 35 heavy (non-hydrogen) atoms. The number of esters is 1. The maximum absolute atomic E-state index is 13.6. The summed E-state index contributed by atoms with van der Waals surface area (Å²) in [6.45, 7) is 10.3. The predicted molar refractivity (Wildman–Crippen MR) is 136 cm³/mol. The number of carbonyl (C=O) groups is 2. The van der Waals surface area contributed by atoms with Gasteiger partial charge in [-0.25, -0.2) is 0 Å². The highest BCUT2D eigenvalue weighted by Crippen LogP contribution is 2.62. The smallest absolute Gasteiger partial charge is 0.309 e. The molecule has 2 saturated carbocycles. The van der Waals surface area contributed by atoms with E-state index in [1.807, 2.05) is 31.2 Å². The minimum Gasteiger partial charge on any atom is -0.497 e. The molecule has 5 nitrogen and oxygen atoms in total. The first kappa shape index (κ1) is 25.9. The van der Waals surface area contributed by atoms with Gasteiger partial charge in [0.05, 0.1) is 32.8 Å². The second-order valence-electron chi connectivity index (χ2n) is 11.4. The molecule has 0 saturated heterocycles. The number of benzene rings is 1. The fraction of sp³-hybridized carbons (Fsp3) is 0.667. The Hall–Kier alpha value is -2.14. The molecule has 0 aliphatic heterocycles. The van der Waals surface area contributed by atoms with Gasteiger partial charge in [-0.2, -0.15) is 0 Å². The summed E-state index contributed by atoms with van der Waals surface area (Å²) in [6, 6.07) is 8.01. The SMILES string of the molecule is CCOC(=O)[C@H]1CC[C@@H]2C3=C([C@H](C)COCc4ccc(OC)cc4)CC[C@]3(C)CC[C@@]2(C)C(=O)C1. The van der Waals surface area contributed by atoms with Gasteiger partial charge in [-0.3, -0.25) is 9.59 Å². The van der Waals surface area contributed by atoms with Crippen molar-refractivity contribution in [3.05, 3.63) is 41.0 Å². The fourth-order valence-electron chi connectivity index (χ4n) is 6.87. The average molecular weight is 483 g/mol. The van der Waals surface area contributed by atoms with Gasteiger partial charge in [0.2, 0.25) is 0 Å². The minimum absolute atomic E-state index is 0.161. The predicted octanol–water partition coefficient (Wildman–Crippen LogP) is 6.29. The van der Waals surface area contributed by atoms with Crippen LogP contribution in [-0.2, 0) is 25.7 Å². The molecule has 4 rings (SSSR count). The second kappa shape index (κ2) is 10.5. The van der Waals surface area contributed by atoms with Crippen molar-refractivity contribution < 1.29 is 23.8 Å². The van der Waals surface area contributed by atoms with E-state index in [2.05, 4.69) is 20.8 Å². The molecule has 3 aliphatic carbocycles. The number of hydrogen-bond acceptors (Lipinski definition) is 5. The van der Waals surface area contributed by atoms with E-state index < -0.39 is 0 Å². The Bertz CT molecular complexity index is 963. The fourth-order valence-corrected chi connectivity index (χ4v) is 6.87. The molecule has 5 heteroatoms. The lowest BCUT2D eigenvalue weighted by Gasteiger charge is -2.49. The van der Waals surface area contributed by atoms with Gasteiger partial charge in [-0.15, -0.1) is 0 Å². The molecule has 5 atom stereocenters. The van der Waals surface area contributed by atoms with Crippen LogP contribution in [0.1, 0.15) is 78.2 Å². The highest BCUT2D eigenvalue weighted by atomic mass is 16.5. The number of fused-ring (bicyclic) bond motifs is 3. The van der Waals surface area contributed by atoms with E-state index in [4.69, 9.17) is 14.2 Å². The molecule has 0 spiro atoms. The minimum atomic E-state index is -0.380. The molecule has 0 aromatic heterocycles. The number of ether oxygens (including phenoxy) is 3. The van der Waals surface area contributed by atoms with Crippen molar-refractivity contribution in [2.45, 2.75) is 79.2 Å². The molecule has 0 heterocycles. The summed E-state index contributed by atoms with van der Waals surface area (Å²) < 4.78 is 16.7. The Morgan fingerprint density at radius 2 is 1.86 bits per heavy atom. The standard InChI is InChI=1S/C30H42O5/c1-6-35-28(32)22-9-12-25-27-24(13-14-29(27,3)15-16-30(25,4)26(31)17-22)20(2)18-34-19-21-7-10-23(33-5)11-8-21/h7-8,10-11,20,22,25H,6,9,12-19H2,1-5H3/t20-,22+,25-,29-,30-/m1/s1. The van der Waals surface area contributed by atoms with Gasteiger partial charge < -0.3 is 14.2 Å². The molecular formula is C30H42O5. The van der Waals surface area contributed by atoms with Crippen LogP contribution < -0.4 is 4.74 Å². The van der Waals surface area contributed by atoms with Crippen LogP contribution in [0.2, 0.25) is 0 Å². The zero-order valence-electron chi connectivity index (χ0n) is 22.2. The quantitative estimate of drug-likeness (QED) is 0.322. The highest BCUT2D eigenvalue weighted by molar-refractivity contribution is 5.90. The van der Waals surface area contributed by atoms with E-state index in [-0.39, 0.29) is 34.4 Å². The summed E-state index contributed by atoms with van der Waals surface area (Å²) in [6.07, 6.45) is 6.16. The Morgan fingerprint density at radius 3 is 2.54 bits per heavy atom. The molecule has 0 unspecified atom stereocenters. The van der Waals surface area contributed by atoms with Crippen LogP contribution in [0.3, 0.4) is 0 Å². The summed E-state index contributed by atoms with van der Waals surface area (Å²) in [4.78, 5) is 26.1. The van der Waals surface area contributed by atoms with Crippen molar-refractivity contribution in [3.8, 4) is 5.75 Å². The monoisotopic (exact) mass is 482 g/mol. The summed E-state index contributed by atoms with van der Waals surface area (Å²) in [5.74, 6) is 1.13. The van der Waals surface area contributed by atoms with Crippen LogP contribution in [-0.4, -0.2) is 32.1 Å². The van der Waals surface area contributed by atoms with Gasteiger partial charge in [0.15, 0.2) is 0 Å². The first-order valence-corrected chi connectivity index (χ1v) is 13.4. The van der Waals surface area contributed by atoms with Gasteiger partial charge >= 0.3 is 5.97 Å². The van der Waals surface area contributed by atoms with Crippen LogP contribution in [0.4, 0.5) is 0 Å². The van der Waals surface area contributed by atoms with Crippen molar-refractivity contribution in [2.75, 3.05) is 20.3 Å². The highest BCUT2D eigenvalue weighted by Gasteiger charge is 2.55. The lowest BCUT2D eigenvalue weighted by molar-refractivity contribution is -0.150. The van der Waals surface area contributed by atoms with E-state index in [0.29, 0.717) is 32.2 Å². The molecule has 0 amide bonds. The molecule has 0 radical (unpaired) electrons. The molecule has 1 aromatic carbocycles. The van der Waals surface area contributed by atoms with Crippen LogP contribution in [0, 0.1) is 28.6 Å². The van der Waals surface area contributed by atoms with E-state index in [9.17, 15) is 9.59 Å². The molecule has 1 aromatic rings. The number of Topliss-reactive ketones (excluding diaryl/α,β-unsaturated/α-hetero) is 1. The van der Waals surface area contributed by atoms with Gasteiger partial charge in [0.1, 0.15) is 11.5 Å². The molecular weight excluding hydrogens is 440 g/mol. The zero-order chi connectivity index (χ0) is 25.2. The van der Waals surface area contributed by atoms with Crippen molar-refractivity contribution >= 4 is 11.8 Å². The lowest BCUT2D eigenvalue weighted by atomic mass is 9.54. The lowest BCUT2D eigenvalue weighted by Crippen LogP contribution is -2.44. The third-order valence-electron chi connectivity index (χ3n) is 9.14. The first-order valence-electron chi connectivity index (χ1n) is 13.4. The number of allylic oxidation sites excluding steroid dienone is 1. The third-order valence-corrected chi connectivity index (χ3v) is 9.14. The number of methoxy groups -OCH3 is 1. The van der Waals surface area contributed by atoms with Gasteiger partial charge in [0, 0.05) is 17.8 Å². The first-order chi connectivity index (χ1) is 16.7. The van der Waals surface area contributed by atoms with E-state index >= 15 is 0 Å². The Labute approximate surface area is 210 Å². The van der Waals surface area contributed by atoms with Gasteiger partial charge in [0.25, 0.3) is 0 Å². The largest absolute Gasteiger partial charge is 0.497 e.